The van der Waals surface area contributed by atoms with Gasteiger partial charge in [-0.2, -0.15) is 0 Å². The molecule has 0 bridgehead atoms. The summed E-state index contributed by atoms with van der Waals surface area (Å²) in [4.78, 5) is 4.43. The van der Waals surface area contributed by atoms with Crippen molar-refractivity contribution in [3.05, 3.63) is 59.2 Å². The lowest BCUT2D eigenvalue weighted by Gasteiger charge is -2.06. The normalized spacial score (nSPS) is 10.8. The molecule has 0 aliphatic rings. The number of furan rings is 1. The van der Waals surface area contributed by atoms with Gasteiger partial charge in [-0.3, -0.25) is 0 Å². The summed E-state index contributed by atoms with van der Waals surface area (Å²) in [5.41, 5.74) is 3.14. The van der Waals surface area contributed by atoms with E-state index in [1.54, 1.807) is 12.3 Å². The van der Waals surface area contributed by atoms with Gasteiger partial charge in [-0.15, -0.1) is 0 Å². The summed E-state index contributed by atoms with van der Waals surface area (Å²) in [5, 5.41) is 0. The summed E-state index contributed by atoms with van der Waals surface area (Å²) in [6.45, 7) is 6.35. The molecule has 0 aliphatic heterocycles. The van der Waals surface area contributed by atoms with Crippen LogP contribution >= 0.6 is 0 Å². The van der Waals surface area contributed by atoms with Crippen molar-refractivity contribution in [2.24, 2.45) is 0 Å². The van der Waals surface area contributed by atoms with E-state index in [9.17, 15) is 0 Å². The fourth-order valence-corrected chi connectivity index (χ4v) is 2.24. The van der Waals surface area contributed by atoms with Crippen molar-refractivity contribution >= 4 is 0 Å². The molecule has 1 aromatic carbocycles. The maximum atomic E-state index is 5.81. The molecule has 3 rings (SSSR count). The van der Waals surface area contributed by atoms with Gasteiger partial charge in [0.1, 0.15) is 23.8 Å². The number of aromatic nitrogens is 1. The number of nitrogens with zero attached hydrogens (tertiary/aromatic N) is 1. The second-order valence-corrected chi connectivity index (χ2v) is 5.11. The van der Waals surface area contributed by atoms with Crippen LogP contribution in [0.25, 0.3) is 11.7 Å². The molecule has 4 nitrogen and oxygen atoms in total. The Balaban J connectivity index is 1.76. The minimum absolute atomic E-state index is 0.374. The summed E-state index contributed by atoms with van der Waals surface area (Å²) < 4.78 is 16.7. The van der Waals surface area contributed by atoms with E-state index >= 15 is 0 Å². The molecule has 4 heteroatoms. The van der Waals surface area contributed by atoms with E-state index in [-0.39, 0.29) is 0 Å². The standard InChI is InChI=1S/C17H17NO3/c1-11-7-12(2)9-14(8-11)20-10-15-13(3)21-17(18-15)16-5-4-6-19-16/h4-9H,10H2,1-3H3. The number of oxazole rings is 1. The minimum atomic E-state index is 0.374. The molecule has 21 heavy (non-hydrogen) atoms. The van der Waals surface area contributed by atoms with Gasteiger partial charge in [0.15, 0.2) is 5.76 Å². The zero-order chi connectivity index (χ0) is 14.8. The van der Waals surface area contributed by atoms with E-state index in [4.69, 9.17) is 13.6 Å². The van der Waals surface area contributed by atoms with Gasteiger partial charge in [0.05, 0.1) is 6.26 Å². The van der Waals surface area contributed by atoms with Gasteiger partial charge in [0.25, 0.3) is 5.89 Å². The first-order valence-electron chi connectivity index (χ1n) is 6.83. The second-order valence-electron chi connectivity index (χ2n) is 5.11. The summed E-state index contributed by atoms with van der Waals surface area (Å²) in [7, 11) is 0. The van der Waals surface area contributed by atoms with E-state index in [1.165, 1.54) is 11.1 Å². The van der Waals surface area contributed by atoms with Crippen molar-refractivity contribution in [3.63, 3.8) is 0 Å². The Morgan fingerprint density at radius 3 is 2.52 bits per heavy atom. The van der Waals surface area contributed by atoms with E-state index < -0.39 is 0 Å². The molecule has 0 aliphatic carbocycles. The van der Waals surface area contributed by atoms with Crippen molar-refractivity contribution in [1.29, 1.82) is 0 Å². The van der Waals surface area contributed by atoms with Crippen LogP contribution in [-0.2, 0) is 6.61 Å². The Hall–Kier alpha value is -2.49. The van der Waals surface area contributed by atoms with Gasteiger partial charge in [-0.1, -0.05) is 6.07 Å². The van der Waals surface area contributed by atoms with Gasteiger partial charge < -0.3 is 13.6 Å². The van der Waals surface area contributed by atoms with Crippen molar-refractivity contribution in [2.45, 2.75) is 27.4 Å². The lowest BCUT2D eigenvalue weighted by atomic mass is 10.1. The molecule has 108 valence electrons. The molecule has 3 aromatic rings. The topological polar surface area (TPSA) is 48.4 Å². The Morgan fingerprint density at radius 2 is 1.86 bits per heavy atom. The molecule has 2 aromatic heterocycles. The quantitative estimate of drug-likeness (QED) is 0.710. The van der Waals surface area contributed by atoms with Crippen molar-refractivity contribution < 1.29 is 13.6 Å². The Kier molecular flexibility index (Phi) is 3.52. The molecule has 0 fully saturated rings. The Morgan fingerprint density at radius 1 is 1.10 bits per heavy atom. The Labute approximate surface area is 123 Å². The van der Waals surface area contributed by atoms with E-state index in [1.807, 2.05) is 25.1 Å². The number of rotatable bonds is 4. The number of aryl methyl sites for hydroxylation is 3. The Bertz CT molecular complexity index is 721. The highest BCUT2D eigenvalue weighted by atomic mass is 16.5. The first kappa shape index (κ1) is 13.5. The maximum Gasteiger partial charge on any atom is 0.263 e. The predicted octanol–water partition coefficient (Wildman–Crippen LogP) is 4.44. The lowest BCUT2D eigenvalue weighted by Crippen LogP contribution is -1.98. The van der Waals surface area contributed by atoms with Gasteiger partial charge in [-0.05, 0) is 56.2 Å². The predicted molar refractivity (Wildman–Crippen MR) is 79.2 cm³/mol. The van der Waals surface area contributed by atoms with Crippen LogP contribution in [0.3, 0.4) is 0 Å². The van der Waals surface area contributed by atoms with Crippen LogP contribution in [-0.4, -0.2) is 4.98 Å². The summed E-state index contributed by atoms with van der Waals surface area (Å²) in [5.74, 6) is 2.69. The third-order valence-electron chi connectivity index (χ3n) is 3.20. The highest BCUT2D eigenvalue weighted by molar-refractivity contribution is 5.44. The molecular weight excluding hydrogens is 266 g/mol. The number of hydrogen-bond donors (Lipinski definition) is 0. The molecule has 0 unspecified atom stereocenters. The van der Waals surface area contributed by atoms with Gasteiger partial charge in [-0.25, -0.2) is 4.98 Å². The fraction of sp³-hybridized carbons (Fsp3) is 0.235. The van der Waals surface area contributed by atoms with Crippen molar-refractivity contribution in [2.75, 3.05) is 0 Å². The SMILES string of the molecule is Cc1cc(C)cc(OCc2nc(-c3ccco3)oc2C)c1. The smallest absolute Gasteiger partial charge is 0.263 e. The van der Waals surface area contributed by atoms with E-state index in [2.05, 4.69) is 24.9 Å². The van der Waals surface area contributed by atoms with Crippen LogP contribution in [0, 0.1) is 20.8 Å². The summed E-state index contributed by atoms with van der Waals surface area (Å²) >= 11 is 0. The van der Waals surface area contributed by atoms with Crippen LogP contribution in [0.1, 0.15) is 22.6 Å². The maximum absolute atomic E-state index is 5.81. The van der Waals surface area contributed by atoms with E-state index in [0.717, 1.165) is 17.2 Å². The first-order chi connectivity index (χ1) is 10.1. The molecule has 0 amide bonds. The first-order valence-corrected chi connectivity index (χ1v) is 6.83. The summed E-state index contributed by atoms with van der Waals surface area (Å²) in [6, 6.07) is 9.76. The van der Waals surface area contributed by atoms with Crippen LogP contribution < -0.4 is 4.74 Å². The van der Waals surface area contributed by atoms with Gasteiger partial charge >= 0.3 is 0 Å². The molecule has 0 spiro atoms. The minimum Gasteiger partial charge on any atom is -0.487 e. The van der Waals surface area contributed by atoms with Gasteiger partial charge in [0.2, 0.25) is 0 Å². The summed E-state index contributed by atoms with van der Waals surface area (Å²) in [6.07, 6.45) is 1.60. The highest BCUT2D eigenvalue weighted by Gasteiger charge is 2.13. The number of hydrogen-bond acceptors (Lipinski definition) is 4. The zero-order valence-corrected chi connectivity index (χ0v) is 12.3. The van der Waals surface area contributed by atoms with E-state index in [0.29, 0.717) is 18.3 Å². The van der Waals surface area contributed by atoms with Crippen LogP contribution in [0.2, 0.25) is 0 Å². The highest BCUT2D eigenvalue weighted by Crippen LogP contribution is 2.23. The van der Waals surface area contributed by atoms with Crippen molar-refractivity contribution in [1.82, 2.24) is 4.98 Å². The second kappa shape index (κ2) is 5.48. The number of benzene rings is 1. The van der Waals surface area contributed by atoms with Crippen LogP contribution in [0.4, 0.5) is 0 Å². The molecule has 0 N–H and O–H groups in total. The molecular formula is C17H17NO3. The largest absolute Gasteiger partial charge is 0.487 e. The molecule has 0 radical (unpaired) electrons. The van der Waals surface area contributed by atoms with Crippen molar-refractivity contribution in [3.8, 4) is 17.4 Å². The molecule has 2 heterocycles. The third-order valence-corrected chi connectivity index (χ3v) is 3.20. The third kappa shape index (κ3) is 2.99. The lowest BCUT2D eigenvalue weighted by molar-refractivity contribution is 0.299. The number of ether oxygens (including phenoxy) is 1. The van der Waals surface area contributed by atoms with Crippen LogP contribution in [0.5, 0.6) is 5.75 Å². The average molecular weight is 283 g/mol. The van der Waals surface area contributed by atoms with Gasteiger partial charge in [0, 0.05) is 0 Å². The monoisotopic (exact) mass is 283 g/mol. The zero-order valence-electron chi connectivity index (χ0n) is 12.3. The van der Waals surface area contributed by atoms with Crippen LogP contribution in [0.15, 0.2) is 45.4 Å². The molecule has 0 saturated carbocycles. The molecule has 0 atom stereocenters. The average Bonchev–Trinajstić information content (AvgIpc) is 3.04. The fourth-order valence-electron chi connectivity index (χ4n) is 2.24. The molecule has 0 saturated heterocycles.